The summed E-state index contributed by atoms with van der Waals surface area (Å²) in [5.41, 5.74) is 0. The lowest BCUT2D eigenvalue weighted by Gasteiger charge is -2.42. The molecule has 20 heavy (non-hydrogen) atoms. The van der Waals surface area contributed by atoms with Crippen LogP contribution in [0.15, 0.2) is 12.8 Å². The lowest BCUT2D eigenvalue weighted by molar-refractivity contribution is -0.146. The summed E-state index contributed by atoms with van der Waals surface area (Å²) in [6, 6.07) is 0. The molecule has 3 heteroatoms. The predicted molar refractivity (Wildman–Crippen MR) is 79.0 cm³/mol. The Hall–Kier alpha value is -0.830. The van der Waals surface area contributed by atoms with Gasteiger partial charge in [0.15, 0.2) is 0 Å². The quantitative estimate of drug-likeness (QED) is 0.583. The fourth-order valence-electron chi connectivity index (χ4n) is 4.14. The van der Waals surface area contributed by atoms with Crippen molar-refractivity contribution in [3.8, 4) is 0 Å². The van der Waals surface area contributed by atoms with Gasteiger partial charge in [0.25, 0.3) is 0 Å². The summed E-state index contributed by atoms with van der Waals surface area (Å²) in [4.78, 5) is 12.0. The third-order valence-corrected chi connectivity index (χ3v) is 5.48. The van der Waals surface area contributed by atoms with E-state index in [1.54, 1.807) is 0 Å². The molecule has 0 bridgehead atoms. The number of esters is 1. The van der Waals surface area contributed by atoms with E-state index < -0.39 is 0 Å². The van der Waals surface area contributed by atoms with Crippen LogP contribution in [-0.4, -0.2) is 18.7 Å². The molecule has 1 aliphatic heterocycles. The second-order valence-corrected chi connectivity index (χ2v) is 6.66. The Morgan fingerprint density at radius 2 is 2.00 bits per heavy atom. The third kappa shape index (κ3) is 3.25. The van der Waals surface area contributed by atoms with Crippen LogP contribution in [-0.2, 0) is 14.3 Å². The van der Waals surface area contributed by atoms with Crippen LogP contribution in [0.25, 0.3) is 0 Å². The van der Waals surface area contributed by atoms with Gasteiger partial charge in [-0.2, -0.15) is 0 Å². The van der Waals surface area contributed by atoms with Gasteiger partial charge in [0.1, 0.15) is 0 Å². The second-order valence-electron chi connectivity index (χ2n) is 6.66. The molecule has 0 aromatic rings. The van der Waals surface area contributed by atoms with E-state index in [1.807, 2.05) is 6.92 Å². The predicted octanol–water partition coefficient (Wildman–Crippen LogP) is 3.79. The van der Waals surface area contributed by atoms with E-state index in [4.69, 9.17) is 9.47 Å². The van der Waals surface area contributed by atoms with E-state index in [1.165, 1.54) is 19.1 Å². The van der Waals surface area contributed by atoms with Gasteiger partial charge >= 0.3 is 5.97 Å². The Morgan fingerprint density at radius 3 is 2.70 bits per heavy atom. The van der Waals surface area contributed by atoms with Crippen molar-refractivity contribution < 1.29 is 14.3 Å². The van der Waals surface area contributed by atoms with Crippen LogP contribution in [0.4, 0.5) is 0 Å². The Labute approximate surface area is 122 Å². The molecule has 6 atom stereocenters. The number of hydrogen-bond acceptors (Lipinski definition) is 3. The molecular formula is C17H28O3. The van der Waals surface area contributed by atoms with Gasteiger partial charge in [-0.1, -0.05) is 26.8 Å². The lowest BCUT2D eigenvalue weighted by Crippen LogP contribution is -2.40. The van der Waals surface area contributed by atoms with Gasteiger partial charge in [0.05, 0.1) is 24.9 Å². The van der Waals surface area contributed by atoms with Crippen LogP contribution in [0, 0.1) is 29.6 Å². The van der Waals surface area contributed by atoms with E-state index in [2.05, 4.69) is 20.4 Å². The van der Waals surface area contributed by atoms with Crippen molar-refractivity contribution in [1.82, 2.24) is 0 Å². The Bertz CT molecular complexity index is 352. The average molecular weight is 280 g/mol. The van der Waals surface area contributed by atoms with Crippen molar-refractivity contribution in [3.63, 3.8) is 0 Å². The summed E-state index contributed by atoms with van der Waals surface area (Å²) in [5, 5.41) is 0. The SMILES string of the molecule is C=COC(=O)[C@H](C)[C@@H]1CC[C@@H](C)[C@@H]2CC[C@H](C)OCC21. The maximum atomic E-state index is 12.0. The normalized spacial score (nSPS) is 39.2. The first-order valence-corrected chi connectivity index (χ1v) is 7.97. The molecule has 2 rings (SSSR count). The van der Waals surface area contributed by atoms with Crippen molar-refractivity contribution in [3.05, 3.63) is 12.8 Å². The molecule has 1 unspecified atom stereocenters. The summed E-state index contributed by atoms with van der Waals surface area (Å²) in [5.74, 6) is 2.11. The van der Waals surface area contributed by atoms with Gasteiger partial charge < -0.3 is 9.47 Å². The minimum atomic E-state index is -0.143. The highest BCUT2D eigenvalue weighted by Crippen LogP contribution is 2.46. The summed E-state index contributed by atoms with van der Waals surface area (Å²) in [6.45, 7) is 10.8. The molecule has 0 radical (unpaired) electrons. The Kier molecular flexibility index (Phi) is 5.25. The van der Waals surface area contributed by atoms with Crippen LogP contribution >= 0.6 is 0 Å². The van der Waals surface area contributed by atoms with E-state index >= 15 is 0 Å². The number of carbonyl (C=O) groups is 1. The molecule has 3 nitrogen and oxygen atoms in total. The zero-order valence-electron chi connectivity index (χ0n) is 13.0. The molecule has 1 saturated heterocycles. The average Bonchev–Trinajstić information content (AvgIpc) is 2.62. The van der Waals surface area contributed by atoms with Crippen molar-refractivity contribution in [1.29, 1.82) is 0 Å². The number of hydrogen-bond donors (Lipinski definition) is 0. The highest BCUT2D eigenvalue weighted by Gasteiger charge is 2.43. The van der Waals surface area contributed by atoms with Crippen molar-refractivity contribution >= 4 is 5.97 Å². The maximum absolute atomic E-state index is 12.0. The molecule has 2 aliphatic rings. The topological polar surface area (TPSA) is 35.5 Å². The molecule has 1 saturated carbocycles. The summed E-state index contributed by atoms with van der Waals surface area (Å²) < 4.78 is 11.0. The third-order valence-electron chi connectivity index (χ3n) is 5.48. The van der Waals surface area contributed by atoms with Crippen molar-refractivity contribution in [2.45, 2.75) is 52.6 Å². The van der Waals surface area contributed by atoms with E-state index in [0.29, 0.717) is 23.9 Å². The highest BCUT2D eigenvalue weighted by atomic mass is 16.5. The van der Waals surface area contributed by atoms with Crippen LogP contribution in [0.2, 0.25) is 0 Å². The minimum Gasteiger partial charge on any atom is -0.435 e. The summed E-state index contributed by atoms with van der Waals surface area (Å²) in [7, 11) is 0. The van der Waals surface area contributed by atoms with Crippen molar-refractivity contribution in [2.24, 2.45) is 29.6 Å². The van der Waals surface area contributed by atoms with Gasteiger partial charge in [0, 0.05) is 0 Å². The minimum absolute atomic E-state index is 0.0648. The van der Waals surface area contributed by atoms with Gasteiger partial charge in [-0.3, -0.25) is 4.79 Å². The second kappa shape index (κ2) is 6.75. The van der Waals surface area contributed by atoms with Gasteiger partial charge in [-0.15, -0.1) is 0 Å². The Morgan fingerprint density at radius 1 is 1.25 bits per heavy atom. The number of carbonyl (C=O) groups excluding carboxylic acids is 1. The van der Waals surface area contributed by atoms with Crippen LogP contribution < -0.4 is 0 Å². The fourth-order valence-corrected chi connectivity index (χ4v) is 4.14. The molecule has 1 heterocycles. The first-order chi connectivity index (χ1) is 9.54. The van der Waals surface area contributed by atoms with Gasteiger partial charge in [-0.25, -0.2) is 0 Å². The van der Waals surface area contributed by atoms with Gasteiger partial charge in [-0.05, 0) is 49.9 Å². The molecular weight excluding hydrogens is 252 g/mol. The first kappa shape index (κ1) is 15.6. The van der Waals surface area contributed by atoms with Crippen LogP contribution in [0.5, 0.6) is 0 Å². The summed E-state index contributed by atoms with van der Waals surface area (Å²) in [6.07, 6.45) is 6.28. The summed E-state index contributed by atoms with van der Waals surface area (Å²) >= 11 is 0. The number of ether oxygens (including phenoxy) is 2. The van der Waals surface area contributed by atoms with Crippen LogP contribution in [0.1, 0.15) is 46.5 Å². The molecule has 0 spiro atoms. The molecule has 0 aromatic carbocycles. The van der Waals surface area contributed by atoms with Gasteiger partial charge in [0.2, 0.25) is 0 Å². The van der Waals surface area contributed by atoms with E-state index in [9.17, 15) is 4.79 Å². The molecule has 0 N–H and O–H groups in total. The maximum Gasteiger partial charge on any atom is 0.313 e. The molecule has 0 aromatic heterocycles. The largest absolute Gasteiger partial charge is 0.435 e. The Balaban J connectivity index is 2.12. The van der Waals surface area contributed by atoms with E-state index in [-0.39, 0.29) is 11.9 Å². The number of fused-ring (bicyclic) bond motifs is 1. The molecule has 2 fully saturated rings. The van der Waals surface area contributed by atoms with Crippen molar-refractivity contribution in [2.75, 3.05) is 6.61 Å². The number of rotatable bonds is 3. The first-order valence-electron chi connectivity index (χ1n) is 7.97. The lowest BCUT2D eigenvalue weighted by atomic mass is 9.63. The highest BCUT2D eigenvalue weighted by molar-refractivity contribution is 5.73. The van der Waals surface area contributed by atoms with Crippen LogP contribution in [0.3, 0.4) is 0 Å². The zero-order valence-corrected chi connectivity index (χ0v) is 13.0. The monoisotopic (exact) mass is 280 g/mol. The molecule has 114 valence electrons. The smallest absolute Gasteiger partial charge is 0.313 e. The molecule has 0 amide bonds. The standard InChI is InChI=1S/C17H28O3/c1-5-19-17(18)13(4)15-8-6-11(2)14-9-7-12(3)20-10-16(14)15/h5,11-16H,1,6-10H2,2-4H3/t11-,12+,13-,14+,15+,16?/m1/s1. The molecule has 1 aliphatic carbocycles. The fraction of sp³-hybridized carbons (Fsp3) is 0.824. The van der Waals surface area contributed by atoms with E-state index in [0.717, 1.165) is 25.4 Å². The zero-order chi connectivity index (χ0) is 14.7.